The third-order valence-corrected chi connectivity index (χ3v) is 2.97. The van der Waals surface area contributed by atoms with Gasteiger partial charge in [-0.15, -0.1) is 0 Å². The molecule has 0 aliphatic rings. The first-order valence-corrected chi connectivity index (χ1v) is 5.94. The van der Waals surface area contributed by atoms with Crippen molar-refractivity contribution in [2.24, 2.45) is 0 Å². The summed E-state index contributed by atoms with van der Waals surface area (Å²) in [7, 11) is 2.38. The molecule has 0 saturated carbocycles. The first-order chi connectivity index (χ1) is 9.83. The van der Waals surface area contributed by atoms with Crippen LogP contribution >= 0.6 is 0 Å². The second-order valence-corrected chi connectivity index (χ2v) is 4.25. The molecule has 2 N–H and O–H groups in total. The number of nitrogens with zero attached hydrogens (tertiary/aromatic N) is 2. The topological polar surface area (TPSA) is 132 Å². The number of hydrogen-bond acceptors (Lipinski definition) is 8. The van der Waals surface area contributed by atoms with Crippen LogP contribution in [0, 0.1) is 17.0 Å². The fraction of sp³-hybridized carbons (Fsp3) is 0.500. The van der Waals surface area contributed by atoms with Gasteiger partial charge in [-0.05, 0) is 6.92 Å². The summed E-state index contributed by atoms with van der Waals surface area (Å²) in [5, 5.41) is 30.8. The lowest BCUT2D eigenvalue weighted by Crippen LogP contribution is -2.23. The van der Waals surface area contributed by atoms with Crippen LogP contribution in [-0.2, 0) is 9.53 Å². The Labute approximate surface area is 120 Å². The number of ether oxygens (including phenoxy) is 2. The molecule has 2 unspecified atom stereocenters. The fourth-order valence-electron chi connectivity index (χ4n) is 1.82. The number of carbonyl (C=O) groups is 1. The van der Waals surface area contributed by atoms with Crippen molar-refractivity contribution >= 4 is 11.7 Å². The summed E-state index contributed by atoms with van der Waals surface area (Å²) >= 11 is 0. The van der Waals surface area contributed by atoms with E-state index in [4.69, 9.17) is 4.74 Å². The predicted molar refractivity (Wildman–Crippen MR) is 69.8 cm³/mol. The maximum absolute atomic E-state index is 11.1. The Balaban J connectivity index is 3.16. The lowest BCUT2D eigenvalue weighted by atomic mass is 9.99. The van der Waals surface area contributed by atoms with Gasteiger partial charge in [0.1, 0.15) is 6.10 Å². The summed E-state index contributed by atoms with van der Waals surface area (Å²) in [4.78, 5) is 25.2. The normalized spacial score (nSPS) is 13.4. The van der Waals surface area contributed by atoms with E-state index in [0.717, 1.165) is 13.3 Å². The van der Waals surface area contributed by atoms with Crippen LogP contribution in [0.4, 0.5) is 5.69 Å². The molecular weight excluding hydrogens is 284 g/mol. The Morgan fingerprint density at radius 1 is 1.48 bits per heavy atom. The minimum absolute atomic E-state index is 0.0407. The minimum Gasteiger partial charge on any atom is -0.476 e. The molecule has 0 radical (unpaired) electrons. The Bertz CT molecular complexity index is 547. The van der Waals surface area contributed by atoms with Gasteiger partial charge < -0.3 is 19.7 Å². The maximum atomic E-state index is 11.1. The van der Waals surface area contributed by atoms with Gasteiger partial charge in [-0.3, -0.25) is 14.9 Å². The Morgan fingerprint density at radius 2 is 2.10 bits per heavy atom. The molecule has 0 spiro atoms. The molecule has 0 bridgehead atoms. The summed E-state index contributed by atoms with van der Waals surface area (Å²) in [6.45, 7) is 1.39. The number of methoxy groups -OCH3 is 2. The van der Waals surface area contributed by atoms with E-state index in [2.05, 4.69) is 9.72 Å². The molecule has 0 aliphatic heterocycles. The molecule has 1 rings (SSSR count). The van der Waals surface area contributed by atoms with Crippen LogP contribution in [0.5, 0.6) is 5.88 Å². The molecule has 1 aromatic heterocycles. The first kappa shape index (κ1) is 16.8. The van der Waals surface area contributed by atoms with Crippen LogP contribution in [-0.4, -0.2) is 46.4 Å². The van der Waals surface area contributed by atoms with Gasteiger partial charge in [0.15, 0.2) is 0 Å². The van der Waals surface area contributed by atoms with Crippen molar-refractivity contribution in [3.8, 4) is 5.88 Å². The van der Waals surface area contributed by atoms with E-state index in [-0.39, 0.29) is 17.0 Å². The lowest BCUT2D eigenvalue weighted by Gasteiger charge is -2.19. The first-order valence-electron chi connectivity index (χ1n) is 5.94. The van der Waals surface area contributed by atoms with Crippen molar-refractivity contribution in [2.45, 2.75) is 25.6 Å². The zero-order chi connectivity index (χ0) is 16.2. The summed E-state index contributed by atoms with van der Waals surface area (Å²) in [5.74, 6) is -0.911. The third kappa shape index (κ3) is 3.64. The number of nitro groups is 1. The van der Waals surface area contributed by atoms with Crippen LogP contribution in [0.1, 0.15) is 23.7 Å². The molecule has 9 nitrogen and oxygen atoms in total. The molecule has 0 aromatic carbocycles. The number of carbonyl (C=O) groups excluding carboxylic acids is 1. The van der Waals surface area contributed by atoms with E-state index in [9.17, 15) is 25.1 Å². The van der Waals surface area contributed by atoms with Crippen LogP contribution in [0.15, 0.2) is 6.20 Å². The summed E-state index contributed by atoms with van der Waals surface area (Å²) < 4.78 is 9.18. The minimum atomic E-state index is -1.51. The van der Waals surface area contributed by atoms with Gasteiger partial charge in [-0.1, -0.05) is 0 Å². The van der Waals surface area contributed by atoms with Gasteiger partial charge >= 0.3 is 11.7 Å². The Kier molecular flexibility index (Phi) is 5.56. The standard InChI is InChI=1S/C12H16N2O7/c1-6-7(11(17)8(15)4-9(16)20-2)5-13-12(21-3)10(6)14(18)19/h5,8,11,15,17H,4H2,1-3H3. The maximum Gasteiger partial charge on any atom is 0.334 e. The number of hydrogen-bond donors (Lipinski definition) is 2. The molecule has 0 fully saturated rings. The van der Waals surface area contributed by atoms with E-state index in [1.807, 2.05) is 0 Å². The number of rotatable bonds is 6. The van der Waals surface area contributed by atoms with Gasteiger partial charge in [0.25, 0.3) is 5.88 Å². The molecule has 0 saturated heterocycles. The number of esters is 1. The average Bonchev–Trinajstić information content (AvgIpc) is 2.45. The third-order valence-electron chi connectivity index (χ3n) is 2.97. The number of aliphatic hydroxyl groups excluding tert-OH is 2. The molecule has 116 valence electrons. The zero-order valence-electron chi connectivity index (χ0n) is 11.8. The molecule has 2 atom stereocenters. The molecular formula is C12H16N2O7. The van der Waals surface area contributed by atoms with Crippen LogP contribution in [0.25, 0.3) is 0 Å². The zero-order valence-corrected chi connectivity index (χ0v) is 11.8. The quantitative estimate of drug-likeness (QED) is 0.434. The van der Waals surface area contributed by atoms with Crippen LogP contribution in [0.2, 0.25) is 0 Å². The molecule has 0 amide bonds. The largest absolute Gasteiger partial charge is 0.476 e. The van der Waals surface area contributed by atoms with Crippen LogP contribution in [0.3, 0.4) is 0 Å². The Morgan fingerprint density at radius 3 is 2.57 bits per heavy atom. The second-order valence-electron chi connectivity index (χ2n) is 4.25. The van der Waals surface area contributed by atoms with E-state index >= 15 is 0 Å². The molecule has 21 heavy (non-hydrogen) atoms. The summed E-state index contributed by atoms with van der Waals surface area (Å²) in [5.41, 5.74) is -0.263. The molecule has 9 heteroatoms. The van der Waals surface area contributed by atoms with Crippen molar-refractivity contribution in [1.82, 2.24) is 4.98 Å². The molecule has 1 aromatic rings. The predicted octanol–water partition coefficient (Wildman–Crippen LogP) is 0.264. The number of aromatic nitrogens is 1. The van der Waals surface area contributed by atoms with Crippen molar-refractivity contribution < 1.29 is 29.4 Å². The monoisotopic (exact) mass is 300 g/mol. The SMILES string of the molecule is COC(=O)CC(O)C(O)c1cnc(OC)c([N+](=O)[O-])c1C. The summed E-state index contributed by atoms with van der Waals surface area (Å²) in [6, 6.07) is 0. The van der Waals surface area contributed by atoms with E-state index < -0.39 is 35.2 Å². The fourth-order valence-corrected chi connectivity index (χ4v) is 1.82. The van der Waals surface area contributed by atoms with Gasteiger partial charge in [0, 0.05) is 17.3 Å². The summed E-state index contributed by atoms with van der Waals surface area (Å²) in [6.07, 6.45) is -2.27. The van der Waals surface area contributed by atoms with E-state index in [1.54, 1.807) is 0 Å². The number of aliphatic hydroxyl groups is 2. The lowest BCUT2D eigenvalue weighted by molar-refractivity contribution is -0.386. The van der Waals surface area contributed by atoms with Crippen molar-refractivity contribution in [3.05, 3.63) is 27.4 Å². The van der Waals surface area contributed by atoms with Gasteiger partial charge in [0.05, 0.1) is 31.7 Å². The van der Waals surface area contributed by atoms with E-state index in [0.29, 0.717) is 0 Å². The molecule has 1 heterocycles. The second kappa shape index (κ2) is 6.95. The highest BCUT2D eigenvalue weighted by atomic mass is 16.6. The highest BCUT2D eigenvalue weighted by Gasteiger charge is 2.29. The smallest absolute Gasteiger partial charge is 0.334 e. The highest BCUT2D eigenvalue weighted by Crippen LogP contribution is 2.34. The van der Waals surface area contributed by atoms with Gasteiger partial charge in [-0.2, -0.15) is 0 Å². The number of pyridine rings is 1. The van der Waals surface area contributed by atoms with Crippen molar-refractivity contribution in [1.29, 1.82) is 0 Å². The van der Waals surface area contributed by atoms with Gasteiger partial charge in [-0.25, -0.2) is 4.98 Å². The van der Waals surface area contributed by atoms with Crippen molar-refractivity contribution in [3.63, 3.8) is 0 Å². The Hall–Kier alpha value is -2.26. The highest BCUT2D eigenvalue weighted by molar-refractivity contribution is 5.69. The molecule has 0 aliphatic carbocycles. The van der Waals surface area contributed by atoms with Crippen LogP contribution < -0.4 is 4.74 Å². The van der Waals surface area contributed by atoms with Crippen molar-refractivity contribution in [2.75, 3.05) is 14.2 Å². The van der Waals surface area contributed by atoms with Gasteiger partial charge in [0.2, 0.25) is 0 Å². The average molecular weight is 300 g/mol. The van der Waals surface area contributed by atoms with E-state index in [1.165, 1.54) is 14.0 Å².